The average molecular weight is 261 g/mol. The Hall–Kier alpha value is -1.66. The van der Waals surface area contributed by atoms with Gasteiger partial charge in [0.25, 0.3) is 0 Å². The first-order valence-electron chi connectivity index (χ1n) is 5.86. The highest BCUT2D eigenvalue weighted by atomic mass is 32.1. The molecule has 3 rings (SSSR count). The number of nitrogens with zero attached hydrogens (tertiary/aromatic N) is 3. The summed E-state index contributed by atoms with van der Waals surface area (Å²) in [5.74, 6) is 0. The van der Waals surface area contributed by atoms with Crippen LogP contribution in [0.15, 0.2) is 18.7 Å². The molecule has 0 aliphatic heterocycles. The van der Waals surface area contributed by atoms with E-state index in [9.17, 15) is 0 Å². The number of nitrogens with one attached hydrogen (secondary N) is 2. The Bertz CT molecular complexity index is 649. The van der Waals surface area contributed by atoms with Gasteiger partial charge in [-0.1, -0.05) is 0 Å². The number of imidazole rings is 2. The highest BCUT2D eigenvalue weighted by Gasteiger charge is 2.10. The summed E-state index contributed by atoms with van der Waals surface area (Å²) in [4.78, 5) is 14.0. The van der Waals surface area contributed by atoms with Crippen LogP contribution in [0.1, 0.15) is 22.0 Å². The van der Waals surface area contributed by atoms with Crippen molar-refractivity contribution in [1.29, 1.82) is 0 Å². The normalized spacial score (nSPS) is 11.4. The fourth-order valence-electron chi connectivity index (χ4n) is 2.02. The lowest BCUT2D eigenvalue weighted by Gasteiger charge is -2.03. The van der Waals surface area contributed by atoms with E-state index in [4.69, 9.17) is 0 Å². The highest BCUT2D eigenvalue weighted by molar-refractivity contribution is 7.17. The van der Waals surface area contributed by atoms with Gasteiger partial charge in [-0.05, 0) is 13.8 Å². The summed E-state index contributed by atoms with van der Waals surface area (Å²) < 4.78 is 2.18. The van der Waals surface area contributed by atoms with E-state index in [-0.39, 0.29) is 0 Å². The minimum atomic E-state index is 0.787. The number of hydrogen-bond acceptors (Lipinski definition) is 4. The fraction of sp³-hybridized carbons (Fsp3) is 0.333. The van der Waals surface area contributed by atoms with Gasteiger partial charge in [-0.2, -0.15) is 0 Å². The van der Waals surface area contributed by atoms with Gasteiger partial charge < -0.3 is 10.3 Å². The average Bonchev–Trinajstić information content (AvgIpc) is 2.99. The molecule has 0 saturated carbocycles. The Morgan fingerprint density at radius 1 is 1.39 bits per heavy atom. The second-order valence-electron chi connectivity index (χ2n) is 4.32. The SMILES string of the molecule is Cc1cn2c(CNCc3cnc[nH]3)c(C)nc2s1. The van der Waals surface area contributed by atoms with Crippen LogP contribution in [0.3, 0.4) is 0 Å². The fourth-order valence-corrected chi connectivity index (χ4v) is 2.91. The maximum atomic E-state index is 4.57. The van der Waals surface area contributed by atoms with Gasteiger partial charge in [0, 0.05) is 36.1 Å². The van der Waals surface area contributed by atoms with E-state index in [2.05, 4.69) is 44.7 Å². The topological polar surface area (TPSA) is 58.0 Å². The minimum Gasteiger partial charge on any atom is -0.347 e. The summed E-state index contributed by atoms with van der Waals surface area (Å²) >= 11 is 1.73. The number of aryl methyl sites for hydroxylation is 2. The van der Waals surface area contributed by atoms with Crippen molar-refractivity contribution < 1.29 is 0 Å². The first-order chi connectivity index (χ1) is 8.74. The van der Waals surface area contributed by atoms with Gasteiger partial charge in [-0.15, -0.1) is 11.3 Å². The molecule has 94 valence electrons. The zero-order valence-electron chi connectivity index (χ0n) is 10.4. The van der Waals surface area contributed by atoms with Gasteiger partial charge in [0.2, 0.25) is 0 Å². The van der Waals surface area contributed by atoms with Crippen LogP contribution in [0, 0.1) is 13.8 Å². The lowest BCUT2D eigenvalue weighted by atomic mass is 10.3. The third-order valence-electron chi connectivity index (χ3n) is 2.90. The number of aromatic amines is 1. The number of fused-ring (bicyclic) bond motifs is 1. The van der Waals surface area contributed by atoms with Crippen molar-refractivity contribution in [3.63, 3.8) is 0 Å². The molecule has 0 bridgehead atoms. The van der Waals surface area contributed by atoms with Crippen LogP contribution >= 0.6 is 11.3 Å². The Kier molecular flexibility index (Phi) is 2.89. The zero-order chi connectivity index (χ0) is 12.5. The minimum absolute atomic E-state index is 0.787. The van der Waals surface area contributed by atoms with Crippen molar-refractivity contribution in [1.82, 2.24) is 24.7 Å². The van der Waals surface area contributed by atoms with E-state index in [0.29, 0.717) is 0 Å². The van der Waals surface area contributed by atoms with E-state index in [1.165, 1.54) is 10.6 Å². The van der Waals surface area contributed by atoms with E-state index in [1.54, 1.807) is 17.7 Å². The molecule has 0 spiro atoms. The number of H-pyrrole nitrogens is 1. The van der Waals surface area contributed by atoms with Crippen LogP contribution in [-0.2, 0) is 13.1 Å². The molecule has 5 nitrogen and oxygen atoms in total. The molecule has 0 radical (unpaired) electrons. The summed E-state index contributed by atoms with van der Waals surface area (Å²) in [5, 5.41) is 3.40. The Morgan fingerprint density at radius 2 is 2.28 bits per heavy atom. The lowest BCUT2D eigenvalue weighted by molar-refractivity contribution is 0.663. The number of aromatic nitrogens is 4. The molecular weight excluding hydrogens is 246 g/mol. The van der Waals surface area contributed by atoms with Gasteiger partial charge >= 0.3 is 0 Å². The van der Waals surface area contributed by atoms with Gasteiger partial charge in [0.05, 0.1) is 17.7 Å². The lowest BCUT2D eigenvalue weighted by Crippen LogP contribution is -2.14. The van der Waals surface area contributed by atoms with Crippen molar-refractivity contribution >= 4 is 16.3 Å². The third-order valence-corrected chi connectivity index (χ3v) is 3.80. The molecule has 6 heteroatoms. The summed E-state index contributed by atoms with van der Waals surface area (Å²) in [6.45, 7) is 5.76. The van der Waals surface area contributed by atoms with Crippen molar-refractivity contribution in [2.75, 3.05) is 0 Å². The number of rotatable bonds is 4. The predicted molar refractivity (Wildman–Crippen MR) is 71.7 cm³/mol. The zero-order valence-corrected chi connectivity index (χ0v) is 11.2. The summed E-state index contributed by atoms with van der Waals surface area (Å²) in [6, 6.07) is 0. The summed E-state index contributed by atoms with van der Waals surface area (Å²) in [7, 11) is 0. The highest BCUT2D eigenvalue weighted by Crippen LogP contribution is 2.20. The molecule has 0 saturated heterocycles. The Balaban J connectivity index is 1.75. The van der Waals surface area contributed by atoms with Crippen LogP contribution in [0.4, 0.5) is 0 Å². The number of hydrogen-bond donors (Lipinski definition) is 2. The smallest absolute Gasteiger partial charge is 0.194 e. The largest absolute Gasteiger partial charge is 0.347 e. The summed E-state index contributed by atoms with van der Waals surface area (Å²) in [6.07, 6.45) is 5.68. The van der Waals surface area contributed by atoms with Gasteiger partial charge in [-0.25, -0.2) is 9.97 Å². The molecule has 0 fully saturated rings. The van der Waals surface area contributed by atoms with Gasteiger partial charge in [0.15, 0.2) is 4.96 Å². The van der Waals surface area contributed by atoms with Crippen LogP contribution in [0.25, 0.3) is 4.96 Å². The van der Waals surface area contributed by atoms with E-state index >= 15 is 0 Å². The maximum absolute atomic E-state index is 4.57. The molecule has 0 atom stereocenters. The Morgan fingerprint density at radius 3 is 3.06 bits per heavy atom. The van der Waals surface area contributed by atoms with Crippen molar-refractivity contribution in [2.45, 2.75) is 26.9 Å². The monoisotopic (exact) mass is 261 g/mol. The summed E-state index contributed by atoms with van der Waals surface area (Å²) in [5.41, 5.74) is 3.42. The first kappa shape index (κ1) is 11.4. The standard InChI is InChI=1S/C12H15N5S/c1-8-6-17-11(9(2)16-12(17)18-8)5-13-3-10-4-14-7-15-10/h4,6-7,13H,3,5H2,1-2H3,(H,14,15). The molecule has 0 unspecified atom stereocenters. The Labute approximate surface area is 109 Å². The van der Waals surface area contributed by atoms with Crippen molar-refractivity contribution in [3.8, 4) is 0 Å². The third kappa shape index (κ3) is 2.04. The molecule has 3 aromatic heterocycles. The van der Waals surface area contributed by atoms with E-state index < -0.39 is 0 Å². The van der Waals surface area contributed by atoms with E-state index in [0.717, 1.165) is 29.4 Å². The molecular formula is C12H15N5S. The maximum Gasteiger partial charge on any atom is 0.194 e. The molecule has 3 heterocycles. The second-order valence-corrected chi connectivity index (χ2v) is 5.53. The van der Waals surface area contributed by atoms with Gasteiger partial charge in [-0.3, -0.25) is 4.40 Å². The van der Waals surface area contributed by atoms with Crippen LogP contribution in [0.5, 0.6) is 0 Å². The first-order valence-corrected chi connectivity index (χ1v) is 6.67. The van der Waals surface area contributed by atoms with Crippen LogP contribution < -0.4 is 5.32 Å². The van der Waals surface area contributed by atoms with Crippen LogP contribution in [-0.4, -0.2) is 19.4 Å². The second kappa shape index (κ2) is 4.55. The molecule has 0 aromatic carbocycles. The quantitative estimate of drug-likeness (QED) is 0.755. The van der Waals surface area contributed by atoms with Crippen LogP contribution in [0.2, 0.25) is 0 Å². The predicted octanol–water partition coefficient (Wildman–Crippen LogP) is 2.03. The number of thiazole rings is 1. The van der Waals surface area contributed by atoms with Crippen molar-refractivity contribution in [2.24, 2.45) is 0 Å². The van der Waals surface area contributed by atoms with E-state index in [1.807, 2.05) is 6.20 Å². The van der Waals surface area contributed by atoms with Gasteiger partial charge in [0.1, 0.15) is 0 Å². The molecule has 3 aromatic rings. The molecule has 2 N–H and O–H groups in total. The molecule has 0 amide bonds. The van der Waals surface area contributed by atoms with Crippen molar-refractivity contribution in [3.05, 3.63) is 40.7 Å². The molecule has 18 heavy (non-hydrogen) atoms. The molecule has 0 aliphatic rings. The molecule has 0 aliphatic carbocycles.